The van der Waals surface area contributed by atoms with E-state index in [2.05, 4.69) is 34.6 Å². The number of hydrogen-bond acceptors (Lipinski definition) is 4. The van der Waals surface area contributed by atoms with Gasteiger partial charge in [0.05, 0.1) is 11.4 Å². The largest absolute Gasteiger partial charge is 0.359 e. The average Bonchev–Trinajstić information content (AvgIpc) is 2.72. The molecule has 0 amide bonds. The van der Waals surface area contributed by atoms with Crippen molar-refractivity contribution in [3.05, 3.63) is 17.3 Å². The zero-order valence-electron chi connectivity index (χ0n) is 9.98. The summed E-state index contributed by atoms with van der Waals surface area (Å²) in [5, 5.41) is 10.7. The fraction of sp³-hybridized carbons (Fsp3) is 0.455. The number of aromatic nitrogens is 3. The van der Waals surface area contributed by atoms with E-state index in [1.165, 1.54) is 0 Å². The minimum absolute atomic E-state index is 0.411. The molecule has 86 valence electrons. The van der Waals surface area contributed by atoms with Crippen LogP contribution in [-0.4, -0.2) is 20.8 Å². The third kappa shape index (κ3) is 2.24. The zero-order valence-corrected chi connectivity index (χ0v) is 10.8. The summed E-state index contributed by atoms with van der Waals surface area (Å²) in [6.07, 6.45) is 2.00. The monoisotopic (exact) mass is 236 g/mol. The van der Waals surface area contributed by atoms with E-state index in [1.54, 1.807) is 11.3 Å². The van der Waals surface area contributed by atoms with Crippen LogP contribution in [0.3, 0.4) is 0 Å². The zero-order chi connectivity index (χ0) is 11.7. The molecule has 0 aliphatic rings. The Kier molecular flexibility index (Phi) is 2.96. The van der Waals surface area contributed by atoms with Gasteiger partial charge >= 0.3 is 0 Å². The van der Waals surface area contributed by atoms with Crippen molar-refractivity contribution in [1.82, 2.24) is 14.8 Å². The highest BCUT2D eigenvalue weighted by Crippen LogP contribution is 2.26. The third-order valence-electron chi connectivity index (χ3n) is 2.21. The molecular weight excluding hydrogens is 220 g/mol. The van der Waals surface area contributed by atoms with Gasteiger partial charge < -0.3 is 5.32 Å². The molecule has 0 atom stereocenters. The van der Waals surface area contributed by atoms with E-state index in [0.717, 1.165) is 22.1 Å². The van der Waals surface area contributed by atoms with E-state index >= 15 is 0 Å². The number of thiazole rings is 1. The van der Waals surface area contributed by atoms with Crippen molar-refractivity contribution in [1.29, 1.82) is 0 Å². The van der Waals surface area contributed by atoms with E-state index in [9.17, 15) is 0 Å². The normalized spacial score (nSPS) is 11.1. The Balaban J connectivity index is 2.28. The quantitative estimate of drug-likeness (QED) is 0.891. The fourth-order valence-electron chi connectivity index (χ4n) is 1.56. The Morgan fingerprint density at radius 3 is 2.75 bits per heavy atom. The predicted molar refractivity (Wildman–Crippen MR) is 67.8 cm³/mol. The van der Waals surface area contributed by atoms with Gasteiger partial charge in [0.15, 0.2) is 5.13 Å². The van der Waals surface area contributed by atoms with Crippen LogP contribution in [-0.2, 0) is 7.05 Å². The SMILES string of the molecule is Cc1nn(C)cc1-c1csc(NC(C)C)n1. The van der Waals surface area contributed by atoms with Crippen LogP contribution >= 0.6 is 11.3 Å². The molecule has 5 heteroatoms. The van der Waals surface area contributed by atoms with Gasteiger partial charge in [-0.2, -0.15) is 5.10 Å². The minimum atomic E-state index is 0.411. The summed E-state index contributed by atoms with van der Waals surface area (Å²) in [5.41, 5.74) is 3.12. The first-order chi connectivity index (χ1) is 7.56. The second-order valence-electron chi connectivity index (χ2n) is 4.14. The first kappa shape index (κ1) is 11.1. The summed E-state index contributed by atoms with van der Waals surface area (Å²) in [5.74, 6) is 0. The van der Waals surface area contributed by atoms with E-state index in [1.807, 2.05) is 24.9 Å². The Bertz CT molecular complexity index is 484. The highest BCUT2D eigenvalue weighted by molar-refractivity contribution is 7.14. The average molecular weight is 236 g/mol. The van der Waals surface area contributed by atoms with E-state index in [-0.39, 0.29) is 0 Å². The number of nitrogens with zero attached hydrogens (tertiary/aromatic N) is 3. The summed E-state index contributed by atoms with van der Waals surface area (Å²) < 4.78 is 1.82. The molecule has 2 aromatic rings. The molecule has 0 radical (unpaired) electrons. The van der Waals surface area contributed by atoms with Crippen molar-refractivity contribution in [2.24, 2.45) is 7.05 Å². The van der Waals surface area contributed by atoms with Gasteiger partial charge in [-0.1, -0.05) is 0 Å². The number of anilines is 1. The Morgan fingerprint density at radius 1 is 1.44 bits per heavy atom. The maximum absolute atomic E-state index is 4.55. The molecule has 2 aromatic heterocycles. The fourth-order valence-corrected chi connectivity index (χ4v) is 2.42. The predicted octanol–water partition coefficient (Wildman–Crippen LogP) is 2.67. The molecule has 0 aromatic carbocycles. The van der Waals surface area contributed by atoms with Crippen molar-refractivity contribution < 1.29 is 0 Å². The highest BCUT2D eigenvalue weighted by atomic mass is 32.1. The third-order valence-corrected chi connectivity index (χ3v) is 2.98. The Hall–Kier alpha value is -1.36. The molecule has 16 heavy (non-hydrogen) atoms. The molecule has 0 saturated heterocycles. The van der Waals surface area contributed by atoms with Gasteiger partial charge in [-0.25, -0.2) is 4.98 Å². The molecule has 0 aliphatic carbocycles. The highest BCUT2D eigenvalue weighted by Gasteiger charge is 2.10. The van der Waals surface area contributed by atoms with Crippen LogP contribution in [0.2, 0.25) is 0 Å². The van der Waals surface area contributed by atoms with Crippen LogP contribution in [0.15, 0.2) is 11.6 Å². The van der Waals surface area contributed by atoms with Gasteiger partial charge in [-0.15, -0.1) is 11.3 Å². The summed E-state index contributed by atoms with van der Waals surface area (Å²) in [7, 11) is 1.93. The second kappa shape index (κ2) is 4.25. The number of nitrogens with one attached hydrogen (secondary N) is 1. The van der Waals surface area contributed by atoms with Crippen LogP contribution in [0.4, 0.5) is 5.13 Å². The Labute approximate surface area is 99.3 Å². The smallest absolute Gasteiger partial charge is 0.183 e. The van der Waals surface area contributed by atoms with Crippen molar-refractivity contribution in [2.45, 2.75) is 26.8 Å². The van der Waals surface area contributed by atoms with E-state index in [4.69, 9.17) is 0 Å². The molecule has 0 unspecified atom stereocenters. The van der Waals surface area contributed by atoms with E-state index in [0.29, 0.717) is 6.04 Å². The summed E-state index contributed by atoms with van der Waals surface area (Å²) >= 11 is 1.63. The Morgan fingerprint density at radius 2 is 2.19 bits per heavy atom. The summed E-state index contributed by atoms with van der Waals surface area (Å²) in [4.78, 5) is 4.55. The number of hydrogen-bond donors (Lipinski definition) is 1. The number of aryl methyl sites for hydroxylation is 2. The number of rotatable bonds is 3. The first-order valence-corrected chi connectivity index (χ1v) is 6.17. The molecule has 0 bridgehead atoms. The standard InChI is InChI=1S/C11H16N4S/c1-7(2)12-11-13-10(6-16-11)9-5-15(4)14-8(9)3/h5-7H,1-4H3,(H,12,13). The summed E-state index contributed by atoms with van der Waals surface area (Å²) in [6, 6.07) is 0.411. The summed E-state index contributed by atoms with van der Waals surface area (Å²) in [6.45, 7) is 6.22. The van der Waals surface area contributed by atoms with Gasteiger partial charge in [-0.3, -0.25) is 4.68 Å². The molecule has 4 nitrogen and oxygen atoms in total. The molecule has 0 aliphatic heterocycles. The molecular formula is C11H16N4S. The van der Waals surface area contributed by atoms with Crippen LogP contribution < -0.4 is 5.32 Å². The molecule has 0 fully saturated rings. The molecule has 2 rings (SSSR count). The minimum Gasteiger partial charge on any atom is -0.359 e. The van der Waals surface area contributed by atoms with Gasteiger partial charge in [-0.05, 0) is 20.8 Å². The lowest BCUT2D eigenvalue weighted by atomic mass is 10.2. The van der Waals surface area contributed by atoms with Crippen LogP contribution in [0, 0.1) is 6.92 Å². The molecule has 2 heterocycles. The lowest BCUT2D eigenvalue weighted by molar-refractivity contribution is 0.756. The lowest BCUT2D eigenvalue weighted by Gasteiger charge is -2.04. The second-order valence-corrected chi connectivity index (χ2v) is 5.00. The maximum atomic E-state index is 4.55. The lowest BCUT2D eigenvalue weighted by Crippen LogP contribution is -2.08. The van der Waals surface area contributed by atoms with Crippen molar-refractivity contribution >= 4 is 16.5 Å². The van der Waals surface area contributed by atoms with Crippen LogP contribution in [0.1, 0.15) is 19.5 Å². The molecule has 1 N–H and O–H groups in total. The molecule has 0 saturated carbocycles. The van der Waals surface area contributed by atoms with Crippen LogP contribution in [0.5, 0.6) is 0 Å². The van der Waals surface area contributed by atoms with Gasteiger partial charge in [0, 0.05) is 30.2 Å². The van der Waals surface area contributed by atoms with Crippen molar-refractivity contribution in [2.75, 3.05) is 5.32 Å². The van der Waals surface area contributed by atoms with Crippen molar-refractivity contribution in [3.63, 3.8) is 0 Å². The van der Waals surface area contributed by atoms with Crippen LogP contribution in [0.25, 0.3) is 11.3 Å². The molecule has 0 spiro atoms. The van der Waals surface area contributed by atoms with Gasteiger partial charge in [0.1, 0.15) is 0 Å². The topological polar surface area (TPSA) is 42.7 Å². The van der Waals surface area contributed by atoms with Gasteiger partial charge in [0.2, 0.25) is 0 Å². The van der Waals surface area contributed by atoms with E-state index < -0.39 is 0 Å². The van der Waals surface area contributed by atoms with Gasteiger partial charge in [0.25, 0.3) is 0 Å². The first-order valence-electron chi connectivity index (χ1n) is 5.29. The maximum Gasteiger partial charge on any atom is 0.183 e. The van der Waals surface area contributed by atoms with Crippen molar-refractivity contribution in [3.8, 4) is 11.3 Å².